The van der Waals surface area contributed by atoms with E-state index in [4.69, 9.17) is 11.6 Å². The molecule has 0 aliphatic heterocycles. The van der Waals surface area contributed by atoms with E-state index < -0.39 is 6.36 Å². The van der Waals surface area contributed by atoms with Gasteiger partial charge in [0.25, 0.3) is 0 Å². The number of rotatable bonds is 2. The Bertz CT molecular complexity index is 272. The van der Waals surface area contributed by atoms with E-state index in [2.05, 4.69) is 9.72 Å². The summed E-state index contributed by atoms with van der Waals surface area (Å²) in [6.45, 7) is 0. The zero-order chi connectivity index (χ0) is 9.90. The predicted molar refractivity (Wildman–Crippen MR) is 40.5 cm³/mol. The van der Waals surface area contributed by atoms with Crippen LogP contribution in [0.1, 0.15) is 5.69 Å². The number of halogens is 4. The van der Waals surface area contributed by atoms with Crippen LogP contribution < -0.4 is 4.74 Å². The van der Waals surface area contributed by atoms with Gasteiger partial charge in [0.15, 0.2) is 0 Å². The molecule has 72 valence electrons. The van der Waals surface area contributed by atoms with Gasteiger partial charge in [0.05, 0.1) is 17.8 Å². The van der Waals surface area contributed by atoms with Crippen molar-refractivity contribution in [3.63, 3.8) is 0 Å². The van der Waals surface area contributed by atoms with Crippen molar-refractivity contribution in [2.24, 2.45) is 0 Å². The fourth-order valence-corrected chi connectivity index (χ4v) is 0.842. The molecule has 2 nitrogen and oxygen atoms in total. The van der Waals surface area contributed by atoms with Gasteiger partial charge in [-0.3, -0.25) is 4.98 Å². The van der Waals surface area contributed by atoms with Crippen LogP contribution in [0, 0.1) is 0 Å². The van der Waals surface area contributed by atoms with Gasteiger partial charge < -0.3 is 4.74 Å². The first-order valence-corrected chi connectivity index (χ1v) is 3.81. The number of alkyl halides is 4. The van der Waals surface area contributed by atoms with Gasteiger partial charge in [-0.05, 0) is 12.1 Å². The maximum atomic E-state index is 11.6. The summed E-state index contributed by atoms with van der Waals surface area (Å²) in [6, 6.07) is 2.53. The Hall–Kier alpha value is -0.970. The molecule has 0 saturated carbocycles. The second kappa shape index (κ2) is 3.83. The highest BCUT2D eigenvalue weighted by atomic mass is 35.5. The van der Waals surface area contributed by atoms with Crippen LogP contribution in [-0.2, 0) is 5.88 Å². The third-order valence-corrected chi connectivity index (χ3v) is 1.44. The first kappa shape index (κ1) is 10.1. The van der Waals surface area contributed by atoms with Gasteiger partial charge in [0.2, 0.25) is 0 Å². The maximum absolute atomic E-state index is 11.6. The van der Waals surface area contributed by atoms with E-state index in [-0.39, 0.29) is 11.6 Å². The average molecular weight is 212 g/mol. The first-order chi connectivity index (χ1) is 6.01. The zero-order valence-electron chi connectivity index (χ0n) is 6.31. The smallest absolute Gasteiger partial charge is 0.404 e. The SMILES string of the molecule is FC(F)(F)Oc1ccc(CCl)nc1. The molecule has 0 fully saturated rings. The summed E-state index contributed by atoms with van der Waals surface area (Å²) in [5, 5.41) is 0. The van der Waals surface area contributed by atoms with Crippen molar-refractivity contribution >= 4 is 11.6 Å². The van der Waals surface area contributed by atoms with Crippen molar-refractivity contribution in [1.82, 2.24) is 4.98 Å². The van der Waals surface area contributed by atoms with Gasteiger partial charge in [-0.15, -0.1) is 24.8 Å². The zero-order valence-corrected chi connectivity index (χ0v) is 7.06. The molecule has 0 unspecified atom stereocenters. The van der Waals surface area contributed by atoms with Gasteiger partial charge in [-0.2, -0.15) is 0 Å². The van der Waals surface area contributed by atoms with E-state index in [1.54, 1.807) is 0 Å². The minimum Gasteiger partial charge on any atom is -0.404 e. The van der Waals surface area contributed by atoms with E-state index in [1.165, 1.54) is 6.07 Å². The van der Waals surface area contributed by atoms with Crippen molar-refractivity contribution in [2.75, 3.05) is 0 Å². The topological polar surface area (TPSA) is 22.1 Å². The fourth-order valence-electron chi connectivity index (χ4n) is 0.684. The number of hydrogen-bond acceptors (Lipinski definition) is 2. The molecular weight excluding hydrogens is 207 g/mol. The highest BCUT2D eigenvalue weighted by Crippen LogP contribution is 2.21. The Morgan fingerprint density at radius 1 is 1.38 bits per heavy atom. The Labute approximate surface area is 77.3 Å². The lowest BCUT2D eigenvalue weighted by molar-refractivity contribution is -0.274. The molecule has 13 heavy (non-hydrogen) atoms. The number of nitrogens with zero attached hydrogens (tertiary/aromatic N) is 1. The van der Waals surface area contributed by atoms with Crippen LogP contribution in [0.2, 0.25) is 0 Å². The van der Waals surface area contributed by atoms with Crippen LogP contribution >= 0.6 is 11.6 Å². The molecule has 0 atom stereocenters. The molecule has 0 N–H and O–H groups in total. The second-order valence-electron chi connectivity index (χ2n) is 2.17. The minimum atomic E-state index is -4.68. The number of pyridine rings is 1. The van der Waals surface area contributed by atoms with Crippen LogP contribution in [0.15, 0.2) is 18.3 Å². The Morgan fingerprint density at radius 3 is 2.46 bits per heavy atom. The molecule has 1 aromatic rings. The Balaban J connectivity index is 2.70. The highest BCUT2D eigenvalue weighted by molar-refractivity contribution is 6.16. The van der Waals surface area contributed by atoms with E-state index >= 15 is 0 Å². The summed E-state index contributed by atoms with van der Waals surface area (Å²) in [4.78, 5) is 3.62. The van der Waals surface area contributed by atoms with Gasteiger partial charge in [-0.1, -0.05) is 0 Å². The molecule has 0 amide bonds. The third kappa shape index (κ3) is 3.50. The summed E-state index contributed by atoms with van der Waals surface area (Å²) in [5.74, 6) is -0.187. The summed E-state index contributed by atoms with van der Waals surface area (Å²) < 4.78 is 38.5. The molecule has 0 spiro atoms. The molecule has 1 rings (SSSR count). The summed E-state index contributed by atoms with van der Waals surface area (Å²) >= 11 is 5.39. The third-order valence-electron chi connectivity index (χ3n) is 1.17. The lowest BCUT2D eigenvalue weighted by Gasteiger charge is -2.07. The van der Waals surface area contributed by atoms with E-state index in [0.29, 0.717) is 5.69 Å². The number of aromatic nitrogens is 1. The van der Waals surface area contributed by atoms with Crippen LogP contribution in [0.25, 0.3) is 0 Å². The Kier molecular flexibility index (Phi) is 2.98. The monoisotopic (exact) mass is 211 g/mol. The predicted octanol–water partition coefficient (Wildman–Crippen LogP) is 2.72. The van der Waals surface area contributed by atoms with E-state index in [9.17, 15) is 13.2 Å². The van der Waals surface area contributed by atoms with Gasteiger partial charge in [0, 0.05) is 0 Å². The first-order valence-electron chi connectivity index (χ1n) is 3.28. The quantitative estimate of drug-likeness (QED) is 0.702. The summed E-state index contributed by atoms with van der Waals surface area (Å²) in [6.07, 6.45) is -3.70. The van der Waals surface area contributed by atoms with E-state index in [1.807, 2.05) is 0 Å². The van der Waals surface area contributed by atoms with Crippen molar-refractivity contribution < 1.29 is 17.9 Å². The molecule has 0 aliphatic rings. The van der Waals surface area contributed by atoms with Crippen LogP contribution in [0.4, 0.5) is 13.2 Å². The lowest BCUT2D eigenvalue weighted by Crippen LogP contribution is -2.17. The molecule has 1 aromatic heterocycles. The second-order valence-corrected chi connectivity index (χ2v) is 2.43. The molecule has 0 bridgehead atoms. The normalized spacial score (nSPS) is 11.4. The van der Waals surface area contributed by atoms with Gasteiger partial charge >= 0.3 is 6.36 Å². The molecule has 6 heteroatoms. The minimum absolute atomic E-state index is 0.159. The van der Waals surface area contributed by atoms with Crippen LogP contribution in [-0.4, -0.2) is 11.3 Å². The fraction of sp³-hybridized carbons (Fsp3) is 0.286. The van der Waals surface area contributed by atoms with Gasteiger partial charge in [-0.25, -0.2) is 0 Å². The highest BCUT2D eigenvalue weighted by Gasteiger charge is 2.31. The molecule has 0 aromatic carbocycles. The number of ether oxygens (including phenoxy) is 1. The van der Waals surface area contributed by atoms with Crippen molar-refractivity contribution in [3.05, 3.63) is 24.0 Å². The van der Waals surface area contributed by atoms with E-state index in [0.717, 1.165) is 12.3 Å². The Morgan fingerprint density at radius 2 is 2.08 bits per heavy atom. The van der Waals surface area contributed by atoms with Crippen molar-refractivity contribution in [2.45, 2.75) is 12.2 Å². The molecular formula is C7H5ClF3NO. The van der Waals surface area contributed by atoms with Crippen molar-refractivity contribution in [1.29, 1.82) is 0 Å². The standard InChI is InChI=1S/C7H5ClF3NO/c8-3-5-1-2-6(4-12-5)13-7(9,10)11/h1-2,4H,3H2. The molecule has 0 radical (unpaired) electrons. The number of hydrogen-bond donors (Lipinski definition) is 0. The van der Waals surface area contributed by atoms with Crippen molar-refractivity contribution in [3.8, 4) is 5.75 Å². The largest absolute Gasteiger partial charge is 0.573 e. The summed E-state index contributed by atoms with van der Waals surface area (Å²) in [7, 11) is 0. The molecule has 1 heterocycles. The van der Waals surface area contributed by atoms with Gasteiger partial charge in [0.1, 0.15) is 5.75 Å². The average Bonchev–Trinajstić information content (AvgIpc) is 2.03. The molecule has 0 saturated heterocycles. The van der Waals surface area contributed by atoms with Crippen LogP contribution in [0.5, 0.6) is 5.75 Å². The van der Waals surface area contributed by atoms with Crippen LogP contribution in [0.3, 0.4) is 0 Å². The maximum Gasteiger partial charge on any atom is 0.573 e. The lowest BCUT2D eigenvalue weighted by atomic mass is 10.4. The molecule has 0 aliphatic carbocycles. The summed E-state index contributed by atoms with van der Waals surface area (Å²) in [5.41, 5.74) is 0.496.